The fraction of sp³-hybridized carbons (Fsp3) is 1.00. The molecule has 2 atom stereocenters. The van der Waals surface area contributed by atoms with E-state index in [1.54, 1.807) is 4.42 Å². The molecule has 12 heavy (non-hydrogen) atoms. The number of hydrogen-bond acceptors (Lipinski definition) is 2. The first kappa shape index (κ1) is 10.6. The van der Waals surface area contributed by atoms with Crippen LogP contribution in [0.25, 0.3) is 0 Å². The fourth-order valence-electron chi connectivity index (χ4n) is 1.75. The Morgan fingerprint density at radius 1 is 1.42 bits per heavy atom. The Kier molecular flexibility index (Phi) is 4.11. The van der Waals surface area contributed by atoms with Gasteiger partial charge in [0.25, 0.3) is 0 Å². The van der Waals surface area contributed by atoms with Crippen molar-refractivity contribution in [2.45, 2.75) is 31.8 Å². The quantitative estimate of drug-likeness (QED) is 0.401. The van der Waals surface area contributed by atoms with Crippen LogP contribution < -0.4 is 0 Å². The zero-order chi connectivity index (χ0) is 9.14. The topological polar surface area (TPSA) is 6.48 Å². The molecule has 1 fully saturated rings. The van der Waals surface area contributed by atoms with Crippen LogP contribution in [0.1, 0.15) is 20.3 Å². The summed E-state index contributed by atoms with van der Waals surface area (Å²) in [6.45, 7) is 7.31. The van der Waals surface area contributed by atoms with Gasteiger partial charge in [-0.05, 0) is 31.3 Å². The molecule has 1 aliphatic heterocycles. The van der Waals surface area contributed by atoms with E-state index in [9.17, 15) is 0 Å². The summed E-state index contributed by atoms with van der Waals surface area (Å²) in [6.07, 6.45) is 1.08. The lowest BCUT2D eigenvalue weighted by Gasteiger charge is -2.28. The number of nitrogens with zero attached hydrogens (tertiary/aromatic N) is 2. The van der Waals surface area contributed by atoms with Gasteiger partial charge in [-0.15, -0.1) is 11.6 Å². The van der Waals surface area contributed by atoms with E-state index >= 15 is 0 Å². The van der Waals surface area contributed by atoms with Gasteiger partial charge in [0.1, 0.15) is 5.50 Å². The molecule has 1 aliphatic rings. The molecule has 0 spiro atoms. The van der Waals surface area contributed by atoms with Crippen molar-refractivity contribution in [2.75, 3.05) is 19.6 Å². The van der Waals surface area contributed by atoms with Gasteiger partial charge < -0.3 is 0 Å². The second kappa shape index (κ2) is 4.66. The van der Waals surface area contributed by atoms with Crippen LogP contribution in [-0.4, -0.2) is 40.5 Å². The van der Waals surface area contributed by atoms with Gasteiger partial charge in [-0.3, -0.25) is 4.90 Å². The fourth-order valence-corrected chi connectivity index (χ4v) is 2.36. The van der Waals surface area contributed by atoms with E-state index in [4.69, 9.17) is 23.4 Å². The van der Waals surface area contributed by atoms with Crippen LogP contribution in [0, 0.1) is 0 Å². The molecule has 0 saturated carbocycles. The highest BCUT2D eigenvalue weighted by Gasteiger charge is 2.34. The molecule has 0 amide bonds. The van der Waals surface area contributed by atoms with Gasteiger partial charge in [0.15, 0.2) is 0 Å². The maximum atomic E-state index is 6.13. The lowest BCUT2D eigenvalue weighted by atomic mass is 10.2. The first-order valence-corrected chi connectivity index (χ1v) is 5.28. The molecular formula is C8H16Cl2N2. The molecular weight excluding hydrogens is 195 g/mol. The van der Waals surface area contributed by atoms with Crippen molar-refractivity contribution in [3.05, 3.63) is 0 Å². The summed E-state index contributed by atoms with van der Waals surface area (Å²) in [7, 11) is 0. The van der Waals surface area contributed by atoms with Crippen molar-refractivity contribution in [1.29, 1.82) is 0 Å². The van der Waals surface area contributed by atoms with Gasteiger partial charge >= 0.3 is 0 Å². The van der Waals surface area contributed by atoms with E-state index in [-0.39, 0.29) is 5.50 Å². The number of alkyl halides is 1. The highest BCUT2D eigenvalue weighted by molar-refractivity contribution is 6.25. The molecule has 0 N–H and O–H groups in total. The van der Waals surface area contributed by atoms with Crippen LogP contribution in [0.3, 0.4) is 0 Å². The Labute approximate surface area is 84.5 Å². The predicted molar refractivity (Wildman–Crippen MR) is 53.5 cm³/mol. The monoisotopic (exact) mass is 210 g/mol. The molecule has 1 unspecified atom stereocenters. The van der Waals surface area contributed by atoms with Crippen LogP contribution in [0.4, 0.5) is 0 Å². The third-order valence-corrected chi connectivity index (χ3v) is 3.51. The van der Waals surface area contributed by atoms with E-state index in [1.807, 2.05) is 0 Å². The maximum absolute atomic E-state index is 6.13. The van der Waals surface area contributed by atoms with Crippen LogP contribution >= 0.6 is 23.4 Å². The molecule has 2 nitrogen and oxygen atoms in total. The minimum Gasteiger partial charge on any atom is -0.298 e. The number of likely N-dealkylation sites (N-methyl/N-ethyl adjacent to an activating group) is 1. The summed E-state index contributed by atoms with van der Waals surface area (Å²) >= 11 is 12.0. The van der Waals surface area contributed by atoms with Crippen molar-refractivity contribution < 1.29 is 0 Å². The molecule has 0 aliphatic carbocycles. The van der Waals surface area contributed by atoms with Gasteiger partial charge in [0.2, 0.25) is 0 Å². The molecule has 1 rings (SSSR count). The highest BCUT2D eigenvalue weighted by atomic mass is 35.5. The van der Waals surface area contributed by atoms with Gasteiger partial charge in [-0.25, -0.2) is 4.42 Å². The van der Waals surface area contributed by atoms with Crippen molar-refractivity contribution in [3.8, 4) is 0 Å². The lowest BCUT2D eigenvalue weighted by molar-refractivity contribution is 0.213. The first-order valence-electron chi connectivity index (χ1n) is 4.51. The van der Waals surface area contributed by atoms with Gasteiger partial charge in [-0.1, -0.05) is 13.8 Å². The third kappa shape index (κ3) is 2.05. The molecule has 0 bridgehead atoms. The third-order valence-electron chi connectivity index (χ3n) is 2.51. The summed E-state index contributed by atoms with van der Waals surface area (Å²) in [6, 6.07) is 0.430. The van der Waals surface area contributed by atoms with E-state index in [1.165, 1.54) is 0 Å². The second-order valence-corrected chi connectivity index (χ2v) is 3.95. The Morgan fingerprint density at radius 2 is 2.00 bits per heavy atom. The lowest BCUT2D eigenvalue weighted by Crippen LogP contribution is -2.40. The van der Waals surface area contributed by atoms with Crippen LogP contribution in [0.2, 0.25) is 0 Å². The van der Waals surface area contributed by atoms with Crippen LogP contribution in [-0.2, 0) is 0 Å². The minimum atomic E-state index is -0.0217. The average molecular weight is 211 g/mol. The van der Waals surface area contributed by atoms with Crippen molar-refractivity contribution in [1.82, 2.24) is 9.32 Å². The summed E-state index contributed by atoms with van der Waals surface area (Å²) in [4.78, 5) is 2.36. The van der Waals surface area contributed by atoms with Gasteiger partial charge in [-0.2, -0.15) is 0 Å². The smallest absolute Gasteiger partial charge is 0.114 e. The average Bonchev–Trinajstić information content (AvgIpc) is 2.38. The summed E-state index contributed by atoms with van der Waals surface area (Å²) < 4.78 is 1.70. The molecule has 1 heterocycles. The zero-order valence-corrected chi connectivity index (χ0v) is 9.15. The Bertz CT molecular complexity index is 139. The first-order chi connectivity index (χ1) is 5.70. The molecule has 0 radical (unpaired) electrons. The van der Waals surface area contributed by atoms with Crippen LogP contribution in [0.5, 0.6) is 0 Å². The standard InChI is InChI=1S/C8H16Cl2N2/c1-3-11(4-2)7-5-6-12(10)8(7)9/h7-8H,3-6H2,1-2H3/t7?,8-/m1/s1. The van der Waals surface area contributed by atoms with E-state index in [0.29, 0.717) is 6.04 Å². The second-order valence-electron chi connectivity index (χ2n) is 3.07. The molecule has 4 heteroatoms. The minimum absolute atomic E-state index is 0.0217. The Hall–Kier alpha value is 0.500. The molecule has 72 valence electrons. The zero-order valence-electron chi connectivity index (χ0n) is 7.63. The molecule has 0 aromatic rings. The Morgan fingerprint density at radius 3 is 2.33 bits per heavy atom. The Balaban J connectivity index is 2.51. The largest absolute Gasteiger partial charge is 0.298 e. The van der Waals surface area contributed by atoms with Crippen LogP contribution in [0.15, 0.2) is 0 Å². The number of halogens is 2. The van der Waals surface area contributed by atoms with Gasteiger partial charge in [0, 0.05) is 12.6 Å². The van der Waals surface area contributed by atoms with E-state index in [2.05, 4.69) is 18.7 Å². The number of rotatable bonds is 3. The molecule has 0 aromatic carbocycles. The van der Waals surface area contributed by atoms with Crippen molar-refractivity contribution in [3.63, 3.8) is 0 Å². The van der Waals surface area contributed by atoms with Gasteiger partial charge in [0.05, 0.1) is 0 Å². The maximum Gasteiger partial charge on any atom is 0.114 e. The van der Waals surface area contributed by atoms with Crippen molar-refractivity contribution in [2.24, 2.45) is 0 Å². The summed E-state index contributed by atoms with van der Waals surface area (Å²) in [5.41, 5.74) is -0.0217. The van der Waals surface area contributed by atoms with E-state index in [0.717, 1.165) is 26.1 Å². The number of hydrogen-bond donors (Lipinski definition) is 0. The molecule has 1 saturated heterocycles. The summed E-state index contributed by atoms with van der Waals surface area (Å²) in [5.74, 6) is 0. The normalized spacial score (nSPS) is 31.8. The van der Waals surface area contributed by atoms with Crippen molar-refractivity contribution >= 4 is 23.4 Å². The SMILES string of the molecule is CCN(CC)C1CCN(Cl)[C@H]1Cl. The summed E-state index contributed by atoms with van der Waals surface area (Å²) in [5, 5.41) is 0. The highest BCUT2D eigenvalue weighted by Crippen LogP contribution is 2.26. The molecule has 0 aromatic heterocycles. The predicted octanol–water partition coefficient (Wildman–Crippen LogP) is 2.12. The van der Waals surface area contributed by atoms with E-state index < -0.39 is 0 Å².